The molecule has 0 atom stereocenters. The Labute approximate surface area is 312 Å². The molecular formula is C45H58N2NiO2. The number of nitrogens with zero attached hydrogens (tertiary/aromatic N) is 2. The Morgan fingerprint density at radius 1 is 0.500 bits per heavy atom. The second-order valence-electron chi connectivity index (χ2n) is 12.9. The van der Waals surface area contributed by atoms with Crippen LogP contribution in [0.25, 0.3) is 16.9 Å². The first-order valence-corrected chi connectivity index (χ1v) is 18.5. The summed E-state index contributed by atoms with van der Waals surface area (Å²) in [6, 6.07) is 35.1. The van der Waals surface area contributed by atoms with Gasteiger partial charge in [-0.05, 0) is 105 Å². The van der Waals surface area contributed by atoms with Gasteiger partial charge in [-0.3, -0.25) is 0 Å². The largest absolute Gasteiger partial charge is 0.508 e. The molecule has 0 bridgehead atoms. The van der Waals surface area contributed by atoms with E-state index in [0.29, 0.717) is 11.5 Å². The smallest absolute Gasteiger partial charge is 0.211 e. The molecular weight excluding hydrogens is 659 g/mol. The summed E-state index contributed by atoms with van der Waals surface area (Å²) in [5.74, 6) is 0.644. The number of aromatic hydroxyl groups is 2. The van der Waals surface area contributed by atoms with Gasteiger partial charge in [-0.15, -0.1) is 0 Å². The van der Waals surface area contributed by atoms with Crippen molar-refractivity contribution in [3.63, 3.8) is 0 Å². The molecule has 0 saturated heterocycles. The fourth-order valence-corrected chi connectivity index (χ4v) is 6.11. The number of aryl methyl sites for hydroxylation is 2. The SMILES string of the molecule is CCCCCCCCC1=C(c2cccc(CCCC)c2)[N+](=[N-])C(c2cccc(CCCC)c2)=C1C.Oc1ccccc1.Oc1ccccc1.[Ni]. The van der Waals surface area contributed by atoms with Crippen molar-refractivity contribution in [3.05, 3.63) is 148 Å². The van der Waals surface area contributed by atoms with Gasteiger partial charge in [-0.1, -0.05) is 126 Å². The third kappa shape index (κ3) is 14.1. The van der Waals surface area contributed by atoms with E-state index in [0.717, 1.165) is 41.8 Å². The molecule has 0 amide bonds. The molecule has 4 aromatic carbocycles. The second-order valence-corrected chi connectivity index (χ2v) is 12.9. The van der Waals surface area contributed by atoms with E-state index in [1.54, 1.807) is 48.5 Å². The molecule has 5 rings (SSSR count). The van der Waals surface area contributed by atoms with Crippen LogP contribution in [-0.4, -0.2) is 14.9 Å². The number of phenolic OH excluding ortho intramolecular Hbond substituents is 2. The summed E-state index contributed by atoms with van der Waals surface area (Å²) in [5, 5.41) is 17.3. The molecule has 0 saturated carbocycles. The standard InChI is InChI=1S/C33H46N2.2C6H6O.Ni/c1-5-8-11-12-13-14-23-31-26(4)32(29-21-15-19-27(24-29)17-9-6-2)35(34)33(31)30-22-16-20-28(25-30)18-10-7-3;2*7-6-4-2-1-3-5-6;/h15-16,19-22,24-25H,5-14,17-18,23H2,1-4H3;2*1-5,7H;. The van der Waals surface area contributed by atoms with Crippen LogP contribution in [0.5, 0.6) is 11.5 Å². The normalized spacial score (nSPS) is 12.1. The van der Waals surface area contributed by atoms with Gasteiger partial charge in [0, 0.05) is 38.8 Å². The van der Waals surface area contributed by atoms with Crippen molar-refractivity contribution >= 4 is 11.4 Å². The molecule has 0 radical (unpaired) electrons. The minimum Gasteiger partial charge on any atom is -0.508 e. The summed E-state index contributed by atoms with van der Waals surface area (Å²) in [7, 11) is 0. The van der Waals surface area contributed by atoms with Gasteiger partial charge in [0.1, 0.15) is 11.5 Å². The van der Waals surface area contributed by atoms with Crippen LogP contribution in [0.15, 0.2) is 120 Å². The molecule has 0 spiro atoms. The van der Waals surface area contributed by atoms with Gasteiger partial charge >= 0.3 is 0 Å². The summed E-state index contributed by atoms with van der Waals surface area (Å²) in [5.41, 5.74) is 21.1. The zero-order valence-electron chi connectivity index (χ0n) is 30.7. The number of unbranched alkanes of at least 4 members (excludes halogenated alkanes) is 7. The summed E-state index contributed by atoms with van der Waals surface area (Å²) in [4.78, 5) is 0. The van der Waals surface area contributed by atoms with Crippen molar-refractivity contribution in [1.29, 1.82) is 0 Å². The number of phenols is 2. The predicted octanol–water partition coefficient (Wildman–Crippen LogP) is 13.1. The van der Waals surface area contributed by atoms with E-state index >= 15 is 0 Å². The zero-order valence-corrected chi connectivity index (χ0v) is 31.7. The van der Waals surface area contributed by atoms with Crippen LogP contribution < -0.4 is 0 Å². The summed E-state index contributed by atoms with van der Waals surface area (Å²) in [6.45, 7) is 8.96. The predicted molar refractivity (Wildman–Crippen MR) is 207 cm³/mol. The van der Waals surface area contributed by atoms with Crippen molar-refractivity contribution in [2.45, 2.75) is 111 Å². The molecule has 1 aliphatic rings. The van der Waals surface area contributed by atoms with Crippen LogP contribution in [0, 0.1) is 0 Å². The number of hydrogen-bond donors (Lipinski definition) is 2. The molecule has 0 aromatic heterocycles. The number of para-hydroxylation sites is 2. The maximum Gasteiger partial charge on any atom is 0.211 e. The van der Waals surface area contributed by atoms with E-state index in [-0.39, 0.29) is 16.5 Å². The number of allylic oxidation sites excluding steroid dienone is 2. The third-order valence-electron chi connectivity index (χ3n) is 8.85. The van der Waals surface area contributed by atoms with Crippen LogP contribution in [0.1, 0.15) is 121 Å². The Hall–Kier alpha value is -3.95. The summed E-state index contributed by atoms with van der Waals surface area (Å²) < 4.78 is 1.50. The Morgan fingerprint density at radius 3 is 1.38 bits per heavy atom. The van der Waals surface area contributed by atoms with Gasteiger partial charge in [-0.25, -0.2) is 4.70 Å². The summed E-state index contributed by atoms with van der Waals surface area (Å²) in [6.07, 6.45) is 15.7. The molecule has 1 heterocycles. The molecule has 1 aliphatic heterocycles. The zero-order chi connectivity index (χ0) is 35.3. The van der Waals surface area contributed by atoms with E-state index in [1.165, 1.54) is 91.2 Å². The summed E-state index contributed by atoms with van der Waals surface area (Å²) >= 11 is 0. The maximum atomic E-state index is 11.6. The fraction of sp³-hybridized carbons (Fsp3) is 0.378. The number of hydrogen-bond acceptors (Lipinski definition) is 2. The van der Waals surface area contributed by atoms with Gasteiger partial charge in [0.15, 0.2) is 0 Å². The van der Waals surface area contributed by atoms with Gasteiger partial charge in [0.2, 0.25) is 11.4 Å². The quantitative estimate of drug-likeness (QED) is 0.0730. The molecule has 0 aliphatic carbocycles. The van der Waals surface area contributed by atoms with Gasteiger partial charge in [0.05, 0.1) is 0 Å². The number of benzene rings is 4. The van der Waals surface area contributed by atoms with Gasteiger partial charge in [0.25, 0.3) is 0 Å². The minimum atomic E-state index is 0. The maximum absolute atomic E-state index is 11.6. The monoisotopic (exact) mass is 716 g/mol. The van der Waals surface area contributed by atoms with E-state index in [2.05, 4.69) is 76.2 Å². The van der Waals surface area contributed by atoms with Crippen LogP contribution in [0.2, 0.25) is 0 Å². The van der Waals surface area contributed by atoms with Crippen LogP contribution >= 0.6 is 0 Å². The average Bonchev–Trinajstić information content (AvgIpc) is 3.37. The minimum absolute atomic E-state index is 0. The molecule has 0 unspecified atom stereocenters. The Balaban J connectivity index is 0.000000475. The van der Waals surface area contributed by atoms with Crippen LogP contribution in [0.4, 0.5) is 0 Å². The first-order chi connectivity index (χ1) is 23.9. The van der Waals surface area contributed by atoms with Crippen LogP contribution in [-0.2, 0) is 29.3 Å². The number of rotatable bonds is 15. The Bertz CT molecular complexity index is 1580. The van der Waals surface area contributed by atoms with Crippen molar-refractivity contribution in [1.82, 2.24) is 0 Å². The van der Waals surface area contributed by atoms with Crippen molar-refractivity contribution in [3.8, 4) is 11.5 Å². The first kappa shape index (κ1) is 42.2. The van der Waals surface area contributed by atoms with E-state index in [4.69, 9.17) is 10.2 Å². The van der Waals surface area contributed by atoms with Gasteiger partial charge < -0.3 is 15.7 Å². The first-order valence-electron chi connectivity index (χ1n) is 18.5. The van der Waals surface area contributed by atoms with E-state index in [1.807, 2.05) is 12.1 Å². The van der Waals surface area contributed by atoms with E-state index < -0.39 is 0 Å². The third-order valence-corrected chi connectivity index (χ3v) is 8.85. The molecule has 4 nitrogen and oxygen atoms in total. The van der Waals surface area contributed by atoms with E-state index in [9.17, 15) is 5.53 Å². The van der Waals surface area contributed by atoms with Crippen molar-refractivity contribution in [2.24, 2.45) is 0 Å². The molecule has 4 aromatic rings. The van der Waals surface area contributed by atoms with Crippen molar-refractivity contribution in [2.75, 3.05) is 0 Å². The molecule has 2 N–H and O–H groups in total. The molecule has 270 valence electrons. The Morgan fingerprint density at radius 2 is 0.940 bits per heavy atom. The van der Waals surface area contributed by atoms with Crippen LogP contribution in [0.3, 0.4) is 0 Å². The molecule has 5 heteroatoms. The average molecular weight is 718 g/mol. The molecule has 50 heavy (non-hydrogen) atoms. The van der Waals surface area contributed by atoms with Crippen molar-refractivity contribution < 1.29 is 31.4 Å². The second kappa shape index (κ2) is 24.2. The van der Waals surface area contributed by atoms with Gasteiger partial charge in [-0.2, -0.15) is 0 Å². The fourth-order valence-electron chi connectivity index (χ4n) is 6.11. The molecule has 0 fully saturated rings. The topological polar surface area (TPSA) is 65.8 Å². The Kier molecular flexibility index (Phi) is 20.5.